The van der Waals surface area contributed by atoms with Crippen LogP contribution in [0.4, 0.5) is 10.2 Å². The van der Waals surface area contributed by atoms with Crippen LogP contribution in [0.1, 0.15) is 51.8 Å². The van der Waals surface area contributed by atoms with E-state index in [2.05, 4.69) is 25.3 Å². The van der Waals surface area contributed by atoms with E-state index in [0.29, 0.717) is 34.4 Å². The number of carboxylic acid groups (broad SMARTS) is 1. The van der Waals surface area contributed by atoms with Crippen molar-refractivity contribution >= 4 is 29.4 Å². The molecule has 6 rings (SSSR count). The van der Waals surface area contributed by atoms with Gasteiger partial charge in [-0.2, -0.15) is 0 Å². The molecule has 3 aliphatic carbocycles. The van der Waals surface area contributed by atoms with Crippen LogP contribution in [0.15, 0.2) is 46.0 Å². The number of nitrogens with zero attached hydrogens (tertiary/aromatic N) is 4. The fourth-order valence-electron chi connectivity index (χ4n) is 5.01. The lowest BCUT2D eigenvalue weighted by atomic mass is 9.65. The van der Waals surface area contributed by atoms with Crippen molar-refractivity contribution in [1.29, 1.82) is 0 Å². The zero-order chi connectivity index (χ0) is 26.2. The van der Waals surface area contributed by atoms with E-state index in [1.54, 1.807) is 32.4 Å². The molecule has 1 aromatic heterocycles. The average molecular weight is 495 g/mol. The van der Waals surface area contributed by atoms with Gasteiger partial charge in [-0.15, -0.1) is 0 Å². The maximum Gasteiger partial charge on any atom is 0.306 e. The quantitative estimate of drug-likeness (QED) is 0.559. The predicted octanol–water partition coefficient (Wildman–Crippen LogP) is 4.83. The first-order chi connectivity index (χ1) is 17.4. The van der Waals surface area contributed by atoms with E-state index < -0.39 is 11.8 Å². The lowest BCUT2D eigenvalue weighted by Crippen LogP contribution is -2.35. The number of hydrogen-bond donors (Lipinski definition) is 3. The Morgan fingerprint density at radius 3 is 2.31 bits per heavy atom. The van der Waals surface area contributed by atoms with Gasteiger partial charge in [-0.1, -0.05) is 57.0 Å². The molecule has 2 heterocycles. The predicted molar refractivity (Wildman–Crippen MR) is 142 cm³/mol. The SMILES string of the molecule is CC.CN=C1N=CC(c2nc(N)c(F)c(-c3ccccc3)n2)=C1NC.O=C(O)C1CC2CCC1CC2. The summed E-state index contributed by atoms with van der Waals surface area (Å²) in [5, 5.41) is 11.9. The van der Waals surface area contributed by atoms with Gasteiger partial charge in [-0.25, -0.2) is 19.4 Å². The monoisotopic (exact) mass is 494 g/mol. The van der Waals surface area contributed by atoms with Crippen LogP contribution in [-0.4, -0.2) is 47.2 Å². The van der Waals surface area contributed by atoms with Crippen LogP contribution in [-0.2, 0) is 4.79 Å². The minimum atomic E-state index is -0.633. The van der Waals surface area contributed by atoms with Crippen LogP contribution >= 0.6 is 0 Å². The molecule has 1 unspecified atom stereocenters. The Kier molecular flexibility index (Phi) is 9.27. The Morgan fingerprint density at radius 1 is 1.14 bits per heavy atom. The van der Waals surface area contributed by atoms with Gasteiger partial charge in [0.05, 0.1) is 17.2 Å². The highest BCUT2D eigenvalue weighted by Crippen LogP contribution is 2.44. The molecule has 1 aromatic carbocycles. The second-order valence-electron chi connectivity index (χ2n) is 8.77. The fourth-order valence-corrected chi connectivity index (χ4v) is 5.01. The first-order valence-electron chi connectivity index (χ1n) is 12.5. The van der Waals surface area contributed by atoms with Gasteiger partial charge in [0.25, 0.3) is 0 Å². The zero-order valence-corrected chi connectivity index (χ0v) is 21.3. The summed E-state index contributed by atoms with van der Waals surface area (Å²) < 4.78 is 14.3. The van der Waals surface area contributed by atoms with Gasteiger partial charge in [-0.3, -0.25) is 9.79 Å². The Balaban J connectivity index is 0.000000231. The lowest BCUT2D eigenvalue weighted by molar-refractivity contribution is -0.147. The highest BCUT2D eigenvalue weighted by atomic mass is 19.1. The molecule has 9 heteroatoms. The molecule has 36 heavy (non-hydrogen) atoms. The number of rotatable bonds is 4. The number of aromatic nitrogens is 2. The molecule has 1 atom stereocenters. The summed E-state index contributed by atoms with van der Waals surface area (Å²) in [5.41, 5.74) is 7.83. The van der Waals surface area contributed by atoms with E-state index in [4.69, 9.17) is 10.8 Å². The third kappa shape index (κ3) is 5.78. The fraction of sp³-hybridized carbons (Fsp3) is 0.444. The van der Waals surface area contributed by atoms with Crippen molar-refractivity contribution in [1.82, 2.24) is 15.3 Å². The van der Waals surface area contributed by atoms with E-state index in [9.17, 15) is 9.18 Å². The third-order valence-electron chi connectivity index (χ3n) is 6.80. The molecule has 4 aliphatic rings. The van der Waals surface area contributed by atoms with Gasteiger partial charge in [-0.05, 0) is 31.1 Å². The molecule has 0 radical (unpaired) electrons. The van der Waals surface area contributed by atoms with Crippen LogP contribution in [0.25, 0.3) is 16.8 Å². The number of carboxylic acids is 1. The Labute approximate surface area is 211 Å². The number of nitrogen functional groups attached to an aromatic ring is 1. The molecule has 0 amide bonds. The van der Waals surface area contributed by atoms with Crippen molar-refractivity contribution in [3.8, 4) is 11.3 Å². The number of fused-ring (bicyclic) bond motifs is 3. The van der Waals surface area contributed by atoms with E-state index >= 15 is 0 Å². The number of carbonyl (C=O) groups is 1. The van der Waals surface area contributed by atoms with E-state index in [1.165, 1.54) is 25.7 Å². The first-order valence-corrected chi connectivity index (χ1v) is 12.5. The maximum absolute atomic E-state index is 14.3. The summed E-state index contributed by atoms with van der Waals surface area (Å²) in [6.07, 6.45) is 7.46. The smallest absolute Gasteiger partial charge is 0.306 e. The van der Waals surface area contributed by atoms with Crippen molar-refractivity contribution < 1.29 is 14.3 Å². The van der Waals surface area contributed by atoms with Gasteiger partial charge in [0.1, 0.15) is 5.69 Å². The van der Waals surface area contributed by atoms with Crippen LogP contribution in [0.3, 0.4) is 0 Å². The van der Waals surface area contributed by atoms with Crippen molar-refractivity contribution in [2.24, 2.45) is 27.7 Å². The van der Waals surface area contributed by atoms with Crippen LogP contribution < -0.4 is 11.1 Å². The maximum atomic E-state index is 14.3. The highest BCUT2D eigenvalue weighted by molar-refractivity contribution is 6.27. The van der Waals surface area contributed by atoms with E-state index in [0.717, 1.165) is 12.3 Å². The summed E-state index contributed by atoms with van der Waals surface area (Å²) in [5.74, 6) is 0.697. The summed E-state index contributed by atoms with van der Waals surface area (Å²) in [7, 11) is 3.39. The number of anilines is 1. The normalized spacial score (nSPS) is 23.0. The summed E-state index contributed by atoms with van der Waals surface area (Å²) in [6.45, 7) is 4.00. The summed E-state index contributed by atoms with van der Waals surface area (Å²) in [6, 6.07) is 9.00. The number of hydrogen-bond acceptors (Lipinski definition) is 6. The molecule has 0 saturated heterocycles. The second kappa shape index (κ2) is 12.4. The zero-order valence-electron chi connectivity index (χ0n) is 21.3. The molecule has 3 saturated carbocycles. The van der Waals surface area contributed by atoms with Gasteiger partial charge in [0.15, 0.2) is 23.3 Å². The number of benzene rings is 1. The molecule has 1 aliphatic heterocycles. The molecule has 8 nitrogen and oxygen atoms in total. The number of nitrogens with two attached hydrogens (primary N) is 1. The minimum absolute atomic E-state index is 0.00231. The Bertz CT molecular complexity index is 1150. The number of amidine groups is 1. The molecule has 0 spiro atoms. The number of nitrogens with one attached hydrogen (secondary N) is 1. The molecule has 192 valence electrons. The average Bonchev–Trinajstić information content (AvgIpc) is 3.36. The summed E-state index contributed by atoms with van der Waals surface area (Å²) >= 11 is 0. The molecule has 2 aromatic rings. The standard InChI is InChI=1S/C16H15FN6.C9H14O2.C2H6/c1-19-13-10(8-21-16(13)20-2)15-22-12(11(17)14(18)23-15)9-6-4-3-5-7-9;10-9(11)8-5-6-1-3-7(8)4-2-6;1-2/h3-8H,1-2H3,(H2,18,22,23)(H,19,20,21);6-8H,1-5H2,(H,10,11);1-2H3. The number of aliphatic carboxylic acids is 1. The summed E-state index contributed by atoms with van der Waals surface area (Å²) in [4.78, 5) is 27.4. The van der Waals surface area contributed by atoms with Gasteiger partial charge < -0.3 is 16.2 Å². The highest BCUT2D eigenvalue weighted by Gasteiger charge is 2.39. The van der Waals surface area contributed by atoms with Gasteiger partial charge in [0, 0.05) is 25.9 Å². The molecule has 3 fully saturated rings. The molecule has 4 N–H and O–H groups in total. The largest absolute Gasteiger partial charge is 0.481 e. The first kappa shape index (κ1) is 27.0. The Hall–Kier alpha value is -3.62. The van der Waals surface area contributed by atoms with Crippen LogP contribution in [0, 0.1) is 23.6 Å². The van der Waals surface area contributed by atoms with Gasteiger partial charge >= 0.3 is 5.97 Å². The Morgan fingerprint density at radius 2 is 1.81 bits per heavy atom. The van der Waals surface area contributed by atoms with E-state index in [1.807, 2.05) is 32.0 Å². The van der Waals surface area contributed by atoms with E-state index in [-0.39, 0.29) is 17.4 Å². The van der Waals surface area contributed by atoms with Crippen molar-refractivity contribution in [3.63, 3.8) is 0 Å². The lowest BCUT2D eigenvalue weighted by Gasteiger charge is -2.40. The minimum Gasteiger partial charge on any atom is -0.481 e. The molecular weight excluding hydrogens is 459 g/mol. The van der Waals surface area contributed by atoms with Gasteiger partial charge in [0.2, 0.25) is 0 Å². The number of allylic oxidation sites excluding steroid dienone is 1. The number of halogens is 1. The molecule has 2 bridgehead atoms. The molecular formula is C27H35FN6O2. The van der Waals surface area contributed by atoms with Crippen molar-refractivity contribution in [2.45, 2.75) is 46.0 Å². The third-order valence-corrected chi connectivity index (χ3v) is 6.80. The van der Waals surface area contributed by atoms with Crippen LogP contribution in [0.2, 0.25) is 0 Å². The second-order valence-corrected chi connectivity index (χ2v) is 8.77. The van der Waals surface area contributed by atoms with Crippen molar-refractivity contribution in [2.75, 3.05) is 19.8 Å². The number of aliphatic imine (C=N–C) groups is 2. The topological polar surface area (TPSA) is 126 Å². The van der Waals surface area contributed by atoms with Crippen LogP contribution in [0.5, 0.6) is 0 Å². The van der Waals surface area contributed by atoms with Crippen molar-refractivity contribution in [3.05, 3.63) is 47.7 Å². The number of likely N-dealkylation sites (N-methyl/N-ethyl adjacent to an activating group) is 1.